The molecule has 0 aromatic heterocycles. The molecule has 0 bridgehead atoms. The lowest BCUT2D eigenvalue weighted by atomic mass is 10.2. The minimum Gasteiger partial charge on any atom is -0.493 e. The molecule has 1 aliphatic rings. The first-order chi connectivity index (χ1) is 13.1. The molecule has 0 atom stereocenters. The predicted octanol–water partition coefficient (Wildman–Crippen LogP) is 3.95. The van der Waals surface area contributed by atoms with Gasteiger partial charge < -0.3 is 19.5 Å². The second-order valence-corrected chi connectivity index (χ2v) is 7.44. The molecule has 140 valence electrons. The molecule has 0 saturated carbocycles. The number of amides is 1. The zero-order valence-corrected chi connectivity index (χ0v) is 16.6. The fraction of sp³-hybridized carbons (Fsp3) is 0.200. The molecular weight excluding hydrogens is 382 g/mol. The Labute approximate surface area is 167 Å². The van der Waals surface area contributed by atoms with E-state index in [0.29, 0.717) is 33.9 Å². The van der Waals surface area contributed by atoms with Gasteiger partial charge >= 0.3 is 0 Å². The van der Waals surface area contributed by atoms with Crippen LogP contribution in [0.3, 0.4) is 0 Å². The van der Waals surface area contributed by atoms with Crippen molar-refractivity contribution in [2.45, 2.75) is 6.92 Å². The number of ether oxygens (including phenoxy) is 3. The van der Waals surface area contributed by atoms with E-state index in [0.717, 1.165) is 16.9 Å². The molecule has 1 N–H and O–H groups in total. The number of hydrogen-bond acceptors (Lipinski definition) is 6. The van der Waals surface area contributed by atoms with Crippen LogP contribution in [0.1, 0.15) is 11.1 Å². The summed E-state index contributed by atoms with van der Waals surface area (Å²) in [6.07, 6.45) is 1.77. The fourth-order valence-corrected chi connectivity index (χ4v) is 3.53. The molecule has 1 fully saturated rings. The van der Waals surface area contributed by atoms with Gasteiger partial charge in [-0.3, -0.25) is 4.79 Å². The fourth-order valence-electron chi connectivity index (χ4n) is 2.49. The largest absolute Gasteiger partial charge is 0.493 e. The second kappa shape index (κ2) is 8.92. The standard InChI is InChI=1S/C20H19NO4S2/c1-13-5-3-4-6-15(13)24-9-10-25-16-8-7-14(11-17(16)23-2)12-18-19(22)21-20(26)27-18/h3-8,11-12H,9-10H2,1-2H3,(H,21,22,26)/b18-12-. The van der Waals surface area contributed by atoms with Crippen LogP contribution in [0, 0.1) is 6.92 Å². The summed E-state index contributed by atoms with van der Waals surface area (Å²) < 4.78 is 17.4. The lowest BCUT2D eigenvalue weighted by Crippen LogP contribution is -2.17. The molecule has 5 nitrogen and oxygen atoms in total. The van der Waals surface area contributed by atoms with Gasteiger partial charge in [-0.1, -0.05) is 48.2 Å². The third-order valence-electron chi connectivity index (χ3n) is 3.82. The van der Waals surface area contributed by atoms with Gasteiger partial charge in [-0.25, -0.2) is 0 Å². The second-order valence-electron chi connectivity index (χ2n) is 5.72. The van der Waals surface area contributed by atoms with E-state index in [1.165, 1.54) is 11.8 Å². The molecule has 2 aromatic rings. The van der Waals surface area contributed by atoms with Crippen LogP contribution in [-0.2, 0) is 4.79 Å². The van der Waals surface area contributed by atoms with Crippen molar-refractivity contribution in [2.24, 2.45) is 0 Å². The van der Waals surface area contributed by atoms with Crippen molar-refractivity contribution in [2.75, 3.05) is 20.3 Å². The summed E-state index contributed by atoms with van der Waals surface area (Å²) in [5, 5.41) is 2.60. The topological polar surface area (TPSA) is 56.8 Å². The zero-order valence-electron chi connectivity index (χ0n) is 15.0. The molecule has 0 unspecified atom stereocenters. The summed E-state index contributed by atoms with van der Waals surface area (Å²) in [4.78, 5) is 12.3. The molecule has 7 heteroatoms. The van der Waals surface area contributed by atoms with E-state index in [9.17, 15) is 4.79 Å². The molecular formula is C20H19NO4S2. The van der Waals surface area contributed by atoms with Crippen molar-refractivity contribution in [3.63, 3.8) is 0 Å². The van der Waals surface area contributed by atoms with E-state index in [1.807, 2.05) is 49.4 Å². The maximum Gasteiger partial charge on any atom is 0.263 e. The van der Waals surface area contributed by atoms with Crippen molar-refractivity contribution in [3.05, 3.63) is 58.5 Å². The number of rotatable bonds is 7. The van der Waals surface area contributed by atoms with Gasteiger partial charge in [-0.05, 0) is 42.3 Å². The number of benzene rings is 2. The monoisotopic (exact) mass is 401 g/mol. The van der Waals surface area contributed by atoms with Crippen LogP contribution in [0.5, 0.6) is 17.2 Å². The SMILES string of the molecule is COc1cc(/C=C2\SC(=S)NC2=O)ccc1OCCOc1ccccc1C. The number of para-hydroxylation sites is 1. The summed E-state index contributed by atoms with van der Waals surface area (Å²) in [6.45, 7) is 2.81. The summed E-state index contributed by atoms with van der Waals surface area (Å²) >= 11 is 6.24. The summed E-state index contributed by atoms with van der Waals surface area (Å²) in [7, 11) is 1.58. The Morgan fingerprint density at radius 2 is 1.81 bits per heavy atom. The van der Waals surface area contributed by atoms with Crippen LogP contribution in [0.25, 0.3) is 6.08 Å². The maximum absolute atomic E-state index is 11.8. The molecule has 0 aliphatic carbocycles. The van der Waals surface area contributed by atoms with E-state index in [4.69, 9.17) is 26.4 Å². The number of methoxy groups -OCH3 is 1. The highest BCUT2D eigenvalue weighted by molar-refractivity contribution is 8.26. The van der Waals surface area contributed by atoms with Crippen molar-refractivity contribution in [1.29, 1.82) is 0 Å². The molecule has 27 heavy (non-hydrogen) atoms. The molecule has 1 heterocycles. The van der Waals surface area contributed by atoms with E-state index in [1.54, 1.807) is 13.2 Å². The third-order valence-corrected chi connectivity index (χ3v) is 4.98. The number of thioether (sulfide) groups is 1. The van der Waals surface area contributed by atoms with Gasteiger partial charge in [-0.2, -0.15) is 0 Å². The highest BCUT2D eigenvalue weighted by Crippen LogP contribution is 2.31. The first-order valence-corrected chi connectivity index (χ1v) is 9.53. The highest BCUT2D eigenvalue weighted by Gasteiger charge is 2.22. The van der Waals surface area contributed by atoms with Gasteiger partial charge in [0.05, 0.1) is 12.0 Å². The molecule has 2 aromatic carbocycles. The van der Waals surface area contributed by atoms with Crippen LogP contribution in [-0.4, -0.2) is 30.6 Å². The Bertz CT molecular complexity index is 895. The van der Waals surface area contributed by atoms with Crippen LogP contribution >= 0.6 is 24.0 Å². The lowest BCUT2D eigenvalue weighted by Gasteiger charge is -2.13. The first kappa shape index (κ1) is 19.3. The lowest BCUT2D eigenvalue weighted by molar-refractivity contribution is -0.115. The molecule has 1 saturated heterocycles. The minimum absolute atomic E-state index is 0.183. The van der Waals surface area contributed by atoms with Crippen LogP contribution < -0.4 is 19.5 Å². The Balaban J connectivity index is 1.61. The number of aryl methyl sites for hydroxylation is 1. The Morgan fingerprint density at radius 1 is 1.07 bits per heavy atom. The number of carbonyl (C=O) groups excluding carboxylic acids is 1. The van der Waals surface area contributed by atoms with Crippen molar-refractivity contribution >= 4 is 40.3 Å². The summed E-state index contributed by atoms with van der Waals surface area (Å²) in [5.41, 5.74) is 1.92. The first-order valence-electron chi connectivity index (χ1n) is 8.31. The normalized spacial score (nSPS) is 15.0. The van der Waals surface area contributed by atoms with Gasteiger partial charge in [0.2, 0.25) is 0 Å². The summed E-state index contributed by atoms with van der Waals surface area (Å²) in [5.74, 6) is 1.87. The third kappa shape index (κ3) is 5.02. The highest BCUT2D eigenvalue weighted by atomic mass is 32.2. The Morgan fingerprint density at radius 3 is 2.48 bits per heavy atom. The zero-order chi connectivity index (χ0) is 19.2. The van der Waals surface area contributed by atoms with Crippen LogP contribution in [0.15, 0.2) is 47.4 Å². The van der Waals surface area contributed by atoms with Crippen LogP contribution in [0.4, 0.5) is 0 Å². The predicted molar refractivity (Wildman–Crippen MR) is 111 cm³/mol. The average Bonchev–Trinajstić information content (AvgIpc) is 2.97. The molecule has 0 spiro atoms. The van der Waals surface area contributed by atoms with Gasteiger partial charge in [0.25, 0.3) is 5.91 Å². The van der Waals surface area contributed by atoms with Crippen molar-refractivity contribution in [1.82, 2.24) is 5.32 Å². The number of carbonyl (C=O) groups is 1. The molecule has 3 rings (SSSR count). The van der Waals surface area contributed by atoms with Gasteiger partial charge in [0.1, 0.15) is 23.3 Å². The smallest absolute Gasteiger partial charge is 0.263 e. The molecule has 0 radical (unpaired) electrons. The molecule has 1 amide bonds. The number of hydrogen-bond donors (Lipinski definition) is 1. The molecule has 1 aliphatic heterocycles. The number of nitrogens with one attached hydrogen (secondary N) is 1. The van der Waals surface area contributed by atoms with Crippen LogP contribution in [0.2, 0.25) is 0 Å². The maximum atomic E-state index is 11.8. The minimum atomic E-state index is -0.183. The van der Waals surface area contributed by atoms with E-state index in [2.05, 4.69) is 5.32 Å². The number of thiocarbonyl (C=S) groups is 1. The van der Waals surface area contributed by atoms with Gasteiger partial charge in [-0.15, -0.1) is 0 Å². The quantitative estimate of drug-likeness (QED) is 0.431. The van der Waals surface area contributed by atoms with Crippen molar-refractivity contribution < 1.29 is 19.0 Å². The van der Waals surface area contributed by atoms with E-state index >= 15 is 0 Å². The Kier molecular flexibility index (Phi) is 6.36. The summed E-state index contributed by atoms with van der Waals surface area (Å²) in [6, 6.07) is 13.3. The van der Waals surface area contributed by atoms with E-state index < -0.39 is 0 Å². The van der Waals surface area contributed by atoms with E-state index in [-0.39, 0.29) is 5.91 Å². The van der Waals surface area contributed by atoms with Crippen molar-refractivity contribution in [3.8, 4) is 17.2 Å². The van der Waals surface area contributed by atoms with Gasteiger partial charge in [0.15, 0.2) is 11.5 Å². The van der Waals surface area contributed by atoms with Gasteiger partial charge in [0, 0.05) is 0 Å². The Hall–Kier alpha value is -2.51. The average molecular weight is 402 g/mol.